The van der Waals surface area contributed by atoms with Gasteiger partial charge in [0.15, 0.2) is 6.61 Å². The molecule has 4 rings (SSSR count). The van der Waals surface area contributed by atoms with Crippen molar-refractivity contribution >= 4 is 23.6 Å². The van der Waals surface area contributed by atoms with E-state index in [0.29, 0.717) is 30.6 Å². The molecule has 0 unspecified atom stereocenters. The molecule has 4 N–H and O–H groups in total. The van der Waals surface area contributed by atoms with Crippen molar-refractivity contribution in [2.45, 2.75) is 83.3 Å². The topological polar surface area (TPSA) is 146 Å². The van der Waals surface area contributed by atoms with Gasteiger partial charge in [-0.2, -0.15) is 0 Å². The van der Waals surface area contributed by atoms with Crippen molar-refractivity contribution in [2.24, 2.45) is 33.7 Å². The molecule has 0 aromatic heterocycles. The summed E-state index contributed by atoms with van der Waals surface area (Å²) in [5.41, 5.74) is 0.928. The van der Waals surface area contributed by atoms with Crippen LogP contribution < -0.4 is 5.32 Å². The number of hydrogen-bond donors (Lipinski definition) is 4. The fraction of sp³-hybridized carbons (Fsp3) is 0.704. The van der Waals surface area contributed by atoms with E-state index in [4.69, 9.17) is 21.5 Å². The van der Waals surface area contributed by atoms with E-state index < -0.39 is 42.5 Å². The molecule has 3 fully saturated rings. The van der Waals surface area contributed by atoms with Crippen molar-refractivity contribution < 1.29 is 34.5 Å². The van der Waals surface area contributed by atoms with E-state index in [1.807, 2.05) is 0 Å². The Bertz CT molecular complexity index is 1050. The standard InChI is InChI=1S/C27H36N2O7/c1-4-27(35)12-9-20-18-6-5-16-13-17(7-10-25(16,2)19(18)8-11-26(20,27)3)29-36-15-22(30)28-21(24(33)34)14-23(31)32/h1,13,18-21,35H,5-12,14-15H2,2-3H3,(H,28,30)(H,31,32)(H,33,34)/b29-17-/t18-,19+,20-,21+,25+,26+,27-/m1/s1. The van der Waals surface area contributed by atoms with Gasteiger partial charge in [-0.3, -0.25) is 9.59 Å². The maximum atomic E-state index is 12.0. The summed E-state index contributed by atoms with van der Waals surface area (Å²) in [6.07, 6.45) is 14.4. The summed E-state index contributed by atoms with van der Waals surface area (Å²) in [6.45, 7) is 4.05. The molecule has 0 bridgehead atoms. The zero-order valence-electron chi connectivity index (χ0n) is 21.0. The molecule has 0 aromatic carbocycles. The lowest BCUT2D eigenvalue weighted by molar-refractivity contribution is -0.147. The lowest BCUT2D eigenvalue weighted by Crippen LogP contribution is -2.54. The lowest BCUT2D eigenvalue weighted by atomic mass is 9.46. The minimum Gasteiger partial charge on any atom is -0.481 e. The summed E-state index contributed by atoms with van der Waals surface area (Å²) in [5.74, 6) is 0.754. The smallest absolute Gasteiger partial charge is 0.326 e. The highest BCUT2D eigenvalue weighted by molar-refractivity contribution is 5.96. The Kier molecular flexibility index (Phi) is 6.95. The van der Waals surface area contributed by atoms with E-state index in [1.54, 1.807) is 0 Å². The molecular formula is C27H36N2O7. The summed E-state index contributed by atoms with van der Waals surface area (Å²) < 4.78 is 0. The van der Waals surface area contributed by atoms with E-state index in [2.05, 4.69) is 36.3 Å². The molecule has 3 saturated carbocycles. The number of amides is 1. The molecule has 0 spiro atoms. The molecule has 0 aromatic rings. The number of oxime groups is 1. The van der Waals surface area contributed by atoms with Gasteiger partial charge in [-0.05, 0) is 80.6 Å². The highest BCUT2D eigenvalue weighted by atomic mass is 16.6. The van der Waals surface area contributed by atoms with Gasteiger partial charge in [0.25, 0.3) is 5.91 Å². The average Bonchev–Trinajstić information content (AvgIpc) is 3.09. The molecule has 4 aliphatic carbocycles. The Hall–Kier alpha value is -2.86. The van der Waals surface area contributed by atoms with Crippen LogP contribution >= 0.6 is 0 Å². The Morgan fingerprint density at radius 1 is 1.17 bits per heavy atom. The van der Waals surface area contributed by atoms with Crippen molar-refractivity contribution in [3.63, 3.8) is 0 Å². The molecule has 36 heavy (non-hydrogen) atoms. The average molecular weight is 501 g/mol. The Labute approximate surface area is 211 Å². The fourth-order valence-electron chi connectivity index (χ4n) is 7.68. The van der Waals surface area contributed by atoms with Crippen LogP contribution in [-0.2, 0) is 19.2 Å². The quantitative estimate of drug-likeness (QED) is 0.311. The van der Waals surface area contributed by atoms with E-state index >= 15 is 0 Å². The fourth-order valence-corrected chi connectivity index (χ4v) is 7.68. The normalized spacial score (nSPS) is 39.0. The van der Waals surface area contributed by atoms with Gasteiger partial charge < -0.3 is 25.5 Å². The van der Waals surface area contributed by atoms with Gasteiger partial charge in [-0.1, -0.05) is 30.5 Å². The number of rotatable bonds is 7. The second-order valence-corrected chi connectivity index (χ2v) is 11.4. The zero-order chi connectivity index (χ0) is 26.3. The minimum atomic E-state index is -1.52. The third kappa shape index (κ3) is 4.40. The van der Waals surface area contributed by atoms with Gasteiger partial charge in [0.05, 0.1) is 12.1 Å². The third-order valence-electron chi connectivity index (χ3n) is 9.76. The molecule has 0 aliphatic heterocycles. The molecule has 1 amide bonds. The number of terminal acetylenes is 1. The van der Waals surface area contributed by atoms with Crippen LogP contribution in [0.3, 0.4) is 0 Å². The number of carbonyl (C=O) groups is 3. The summed E-state index contributed by atoms with van der Waals surface area (Å²) in [7, 11) is 0. The second kappa shape index (κ2) is 9.55. The molecular weight excluding hydrogens is 464 g/mol. The van der Waals surface area contributed by atoms with Crippen molar-refractivity contribution in [1.29, 1.82) is 0 Å². The number of carboxylic acids is 2. The van der Waals surface area contributed by atoms with Crippen LogP contribution in [-0.4, -0.2) is 57.1 Å². The maximum Gasteiger partial charge on any atom is 0.326 e. The van der Waals surface area contributed by atoms with Crippen LogP contribution in [0.15, 0.2) is 16.8 Å². The largest absolute Gasteiger partial charge is 0.481 e. The molecule has 0 radical (unpaired) electrons. The predicted molar refractivity (Wildman–Crippen MR) is 131 cm³/mol. The highest BCUT2D eigenvalue weighted by Gasteiger charge is 2.63. The highest BCUT2D eigenvalue weighted by Crippen LogP contribution is 2.67. The number of nitrogens with zero attached hydrogens (tertiary/aromatic N) is 1. The van der Waals surface area contributed by atoms with E-state index in [9.17, 15) is 19.5 Å². The summed E-state index contributed by atoms with van der Waals surface area (Å²) in [4.78, 5) is 39.1. The van der Waals surface area contributed by atoms with Crippen molar-refractivity contribution in [3.8, 4) is 12.3 Å². The molecule has 0 saturated heterocycles. The first kappa shape index (κ1) is 26.2. The second-order valence-electron chi connectivity index (χ2n) is 11.4. The summed E-state index contributed by atoms with van der Waals surface area (Å²) in [6, 6.07) is -1.52. The SMILES string of the molecule is C#C[C@@]1(O)CC[C@@H]2[C@@H]3CCC4=C/C(=N\OCC(=O)N[C@@H](CC(=O)O)C(=O)O)CC[C@]4(C)[C@H]3CC[C@@]21C. The van der Waals surface area contributed by atoms with Gasteiger partial charge in [0, 0.05) is 5.41 Å². The van der Waals surface area contributed by atoms with Crippen LogP contribution in [0, 0.1) is 40.9 Å². The van der Waals surface area contributed by atoms with Crippen LogP contribution in [0.25, 0.3) is 0 Å². The molecule has 9 nitrogen and oxygen atoms in total. The van der Waals surface area contributed by atoms with Gasteiger partial charge in [-0.15, -0.1) is 6.42 Å². The molecule has 7 atom stereocenters. The molecule has 9 heteroatoms. The lowest BCUT2D eigenvalue weighted by Gasteiger charge is -2.58. The number of aliphatic hydroxyl groups is 1. The first-order valence-corrected chi connectivity index (χ1v) is 12.8. The number of carboxylic acid groups (broad SMARTS) is 2. The Morgan fingerprint density at radius 3 is 2.56 bits per heavy atom. The van der Waals surface area contributed by atoms with Gasteiger partial charge in [-0.25, -0.2) is 4.79 Å². The Morgan fingerprint density at radius 2 is 1.89 bits per heavy atom. The number of carbonyl (C=O) groups excluding carboxylic acids is 1. The van der Waals surface area contributed by atoms with E-state index in [-0.39, 0.29) is 10.8 Å². The predicted octanol–water partition coefficient (Wildman–Crippen LogP) is 2.73. The number of hydrogen-bond acceptors (Lipinski definition) is 6. The summed E-state index contributed by atoms with van der Waals surface area (Å²) >= 11 is 0. The molecule has 4 aliphatic rings. The molecule has 196 valence electrons. The number of allylic oxidation sites excluding steroid dienone is 2. The number of fused-ring (bicyclic) bond motifs is 5. The van der Waals surface area contributed by atoms with Crippen LogP contribution in [0.1, 0.15) is 71.6 Å². The minimum absolute atomic E-state index is 0.0586. The van der Waals surface area contributed by atoms with Crippen molar-refractivity contribution in [2.75, 3.05) is 6.61 Å². The van der Waals surface area contributed by atoms with Crippen molar-refractivity contribution in [1.82, 2.24) is 5.32 Å². The van der Waals surface area contributed by atoms with E-state index in [0.717, 1.165) is 44.2 Å². The first-order chi connectivity index (χ1) is 16.9. The summed E-state index contributed by atoms with van der Waals surface area (Å²) in [5, 5.41) is 35.2. The van der Waals surface area contributed by atoms with E-state index in [1.165, 1.54) is 5.57 Å². The Balaban J connectivity index is 1.40. The zero-order valence-corrected chi connectivity index (χ0v) is 21.0. The van der Waals surface area contributed by atoms with Crippen LogP contribution in [0.4, 0.5) is 0 Å². The number of nitrogens with one attached hydrogen (secondary N) is 1. The molecule has 0 heterocycles. The third-order valence-corrected chi connectivity index (χ3v) is 9.76. The first-order valence-electron chi connectivity index (χ1n) is 12.8. The van der Waals surface area contributed by atoms with Crippen molar-refractivity contribution in [3.05, 3.63) is 11.6 Å². The monoisotopic (exact) mass is 500 g/mol. The van der Waals surface area contributed by atoms with Gasteiger partial charge in [0.2, 0.25) is 0 Å². The van der Waals surface area contributed by atoms with Crippen LogP contribution in [0.2, 0.25) is 0 Å². The van der Waals surface area contributed by atoms with Gasteiger partial charge in [0.1, 0.15) is 11.6 Å². The number of aliphatic carboxylic acids is 2. The maximum absolute atomic E-state index is 12.0. The van der Waals surface area contributed by atoms with Gasteiger partial charge >= 0.3 is 11.9 Å². The van der Waals surface area contributed by atoms with Crippen LogP contribution in [0.5, 0.6) is 0 Å².